The van der Waals surface area contributed by atoms with Crippen LogP contribution in [0.25, 0.3) is 16.9 Å². The first kappa shape index (κ1) is 16.1. The number of aromatic nitrogens is 5. The number of nitrogens with one attached hydrogen (secondary N) is 2. The number of aryl methyl sites for hydroxylation is 1. The van der Waals surface area contributed by atoms with Crippen LogP contribution in [0.4, 0.5) is 11.5 Å². The van der Waals surface area contributed by atoms with Gasteiger partial charge in [-0.2, -0.15) is 5.10 Å². The first-order chi connectivity index (χ1) is 12.5. The largest absolute Gasteiger partial charge is 0.478 e. The summed E-state index contributed by atoms with van der Waals surface area (Å²) in [5.41, 5.74) is 3.86. The molecule has 0 bridgehead atoms. The molecule has 3 heterocycles. The summed E-state index contributed by atoms with van der Waals surface area (Å²) >= 11 is 6.04. The van der Waals surface area contributed by atoms with E-state index in [0.29, 0.717) is 17.2 Å². The molecule has 0 saturated heterocycles. The van der Waals surface area contributed by atoms with Crippen LogP contribution >= 0.6 is 11.6 Å². The number of imidazole rings is 1. The maximum atomic E-state index is 11.1. The number of carboxylic acid groups (broad SMARTS) is 1. The van der Waals surface area contributed by atoms with Gasteiger partial charge in [-0.25, -0.2) is 14.8 Å². The van der Waals surface area contributed by atoms with Gasteiger partial charge < -0.3 is 10.4 Å². The maximum Gasteiger partial charge on any atom is 0.337 e. The predicted molar refractivity (Wildman–Crippen MR) is 97.0 cm³/mol. The molecule has 0 aliphatic heterocycles. The molecule has 0 aliphatic rings. The molecule has 4 rings (SSSR count). The van der Waals surface area contributed by atoms with Gasteiger partial charge in [0.05, 0.1) is 34.4 Å². The molecule has 130 valence electrons. The molecule has 9 heteroatoms. The van der Waals surface area contributed by atoms with Gasteiger partial charge in [-0.05, 0) is 25.1 Å². The number of H-pyrrole nitrogens is 1. The molecular weight excluding hydrogens is 356 g/mol. The third kappa shape index (κ3) is 2.76. The van der Waals surface area contributed by atoms with Crippen molar-refractivity contribution in [2.75, 3.05) is 5.32 Å². The topological polar surface area (TPSA) is 108 Å². The van der Waals surface area contributed by atoms with Crippen molar-refractivity contribution in [3.05, 3.63) is 59.3 Å². The fourth-order valence-corrected chi connectivity index (χ4v) is 2.96. The third-order valence-corrected chi connectivity index (χ3v) is 4.18. The van der Waals surface area contributed by atoms with Gasteiger partial charge in [0.2, 0.25) is 0 Å². The molecule has 0 amide bonds. The van der Waals surface area contributed by atoms with Crippen molar-refractivity contribution in [1.82, 2.24) is 24.6 Å². The normalized spacial score (nSPS) is 11.0. The summed E-state index contributed by atoms with van der Waals surface area (Å²) in [5, 5.41) is 19.1. The molecule has 26 heavy (non-hydrogen) atoms. The minimum atomic E-state index is -1.07. The summed E-state index contributed by atoms with van der Waals surface area (Å²) in [6.45, 7) is 1.88. The fraction of sp³-hybridized carbons (Fsp3) is 0.0588. The van der Waals surface area contributed by atoms with Gasteiger partial charge in [0.25, 0.3) is 0 Å². The van der Waals surface area contributed by atoms with Crippen molar-refractivity contribution in [1.29, 1.82) is 0 Å². The Morgan fingerprint density at radius 2 is 2.19 bits per heavy atom. The van der Waals surface area contributed by atoms with Crippen molar-refractivity contribution in [3.63, 3.8) is 0 Å². The molecule has 0 fully saturated rings. The summed E-state index contributed by atoms with van der Waals surface area (Å²) in [6, 6.07) is 4.63. The van der Waals surface area contributed by atoms with Crippen LogP contribution in [0.5, 0.6) is 0 Å². The number of hydrogen-bond donors (Lipinski definition) is 3. The monoisotopic (exact) mass is 368 g/mol. The van der Waals surface area contributed by atoms with E-state index in [9.17, 15) is 4.79 Å². The Balaban J connectivity index is 1.78. The van der Waals surface area contributed by atoms with Crippen LogP contribution in [-0.2, 0) is 0 Å². The molecule has 0 aliphatic carbocycles. The summed E-state index contributed by atoms with van der Waals surface area (Å²) in [5.74, 6) is -0.533. The molecule has 3 N–H and O–H groups in total. The number of benzene rings is 1. The van der Waals surface area contributed by atoms with Crippen molar-refractivity contribution < 1.29 is 9.90 Å². The Hall–Kier alpha value is -3.39. The molecule has 0 radical (unpaired) electrons. The highest BCUT2D eigenvalue weighted by Crippen LogP contribution is 2.27. The van der Waals surface area contributed by atoms with Crippen molar-refractivity contribution >= 4 is 34.7 Å². The number of rotatable bonds is 4. The lowest BCUT2D eigenvalue weighted by Gasteiger charge is -2.10. The Bertz CT molecular complexity index is 1120. The van der Waals surface area contributed by atoms with Crippen LogP contribution in [0.2, 0.25) is 5.02 Å². The highest BCUT2D eigenvalue weighted by molar-refractivity contribution is 6.33. The molecule has 0 atom stereocenters. The van der Waals surface area contributed by atoms with Gasteiger partial charge >= 0.3 is 5.97 Å². The average molecular weight is 369 g/mol. The predicted octanol–water partition coefficient (Wildman–Crippen LogP) is 3.52. The van der Waals surface area contributed by atoms with E-state index < -0.39 is 5.97 Å². The fourth-order valence-electron chi connectivity index (χ4n) is 2.70. The van der Waals surface area contributed by atoms with Gasteiger partial charge in [-0.1, -0.05) is 11.6 Å². The number of fused-ring (bicyclic) bond motifs is 1. The molecular formula is C17H13ClN6O2. The second-order valence-corrected chi connectivity index (χ2v) is 6.09. The summed E-state index contributed by atoms with van der Waals surface area (Å²) in [7, 11) is 0. The van der Waals surface area contributed by atoms with E-state index in [1.807, 2.05) is 17.5 Å². The molecule has 0 saturated carbocycles. The quantitative estimate of drug-likeness (QED) is 0.508. The SMILES string of the molecule is Cc1cn2c(-c3cn[nH]c3)cnc2c(Nc2ccc(C(=O)O)c(Cl)c2)n1. The van der Waals surface area contributed by atoms with Crippen LogP contribution in [0.1, 0.15) is 16.1 Å². The first-order valence-corrected chi connectivity index (χ1v) is 8.04. The van der Waals surface area contributed by atoms with Gasteiger partial charge in [0, 0.05) is 23.6 Å². The lowest BCUT2D eigenvalue weighted by atomic mass is 10.2. The third-order valence-electron chi connectivity index (χ3n) is 3.87. The number of anilines is 2. The van der Waals surface area contributed by atoms with Gasteiger partial charge in [0.1, 0.15) is 0 Å². The second-order valence-electron chi connectivity index (χ2n) is 5.68. The van der Waals surface area contributed by atoms with E-state index in [1.54, 1.807) is 30.7 Å². The van der Waals surface area contributed by atoms with E-state index in [1.165, 1.54) is 6.07 Å². The molecule has 0 unspecified atom stereocenters. The summed E-state index contributed by atoms with van der Waals surface area (Å²) in [4.78, 5) is 20.0. The zero-order chi connectivity index (χ0) is 18.3. The van der Waals surface area contributed by atoms with E-state index in [4.69, 9.17) is 16.7 Å². The number of nitrogens with zero attached hydrogens (tertiary/aromatic N) is 4. The van der Waals surface area contributed by atoms with E-state index in [0.717, 1.165) is 17.0 Å². The number of carbonyl (C=O) groups is 1. The number of halogens is 1. The molecule has 4 aromatic rings. The lowest BCUT2D eigenvalue weighted by Crippen LogP contribution is -2.02. The number of hydrogen-bond acceptors (Lipinski definition) is 5. The van der Waals surface area contributed by atoms with Gasteiger partial charge in [-0.15, -0.1) is 0 Å². The number of carboxylic acids is 1. The van der Waals surface area contributed by atoms with Gasteiger partial charge in [0.15, 0.2) is 11.5 Å². The zero-order valence-corrected chi connectivity index (χ0v) is 14.3. The van der Waals surface area contributed by atoms with Crippen LogP contribution in [-0.4, -0.2) is 35.6 Å². The van der Waals surface area contributed by atoms with Crippen molar-refractivity contribution in [2.24, 2.45) is 0 Å². The van der Waals surface area contributed by atoms with Crippen LogP contribution < -0.4 is 5.32 Å². The lowest BCUT2D eigenvalue weighted by molar-refractivity contribution is 0.0697. The van der Waals surface area contributed by atoms with E-state index >= 15 is 0 Å². The van der Waals surface area contributed by atoms with E-state index in [-0.39, 0.29) is 10.6 Å². The second kappa shape index (κ2) is 6.16. The zero-order valence-electron chi connectivity index (χ0n) is 13.6. The van der Waals surface area contributed by atoms with Crippen LogP contribution in [0.15, 0.2) is 43.0 Å². The first-order valence-electron chi connectivity index (χ1n) is 7.66. The highest BCUT2D eigenvalue weighted by atomic mass is 35.5. The Morgan fingerprint density at radius 3 is 2.88 bits per heavy atom. The van der Waals surface area contributed by atoms with Crippen LogP contribution in [0.3, 0.4) is 0 Å². The summed E-state index contributed by atoms with van der Waals surface area (Å²) in [6.07, 6.45) is 7.14. The maximum absolute atomic E-state index is 11.1. The highest BCUT2D eigenvalue weighted by Gasteiger charge is 2.14. The Kier molecular flexibility index (Phi) is 3.81. The summed E-state index contributed by atoms with van der Waals surface area (Å²) < 4.78 is 1.92. The molecule has 1 aromatic carbocycles. The average Bonchev–Trinajstić information content (AvgIpc) is 3.23. The number of aromatic carboxylic acids is 1. The standard InChI is InChI=1S/C17H13ClN6O2/c1-9-8-24-14(10-5-20-21-6-10)7-19-16(24)15(22-9)23-11-2-3-12(17(25)26)13(18)4-11/h2-8H,1H3,(H,20,21)(H,22,23)(H,25,26). The minimum Gasteiger partial charge on any atom is -0.478 e. The van der Waals surface area contributed by atoms with E-state index in [2.05, 4.69) is 25.5 Å². The molecule has 0 spiro atoms. The van der Waals surface area contributed by atoms with Crippen LogP contribution in [0, 0.1) is 6.92 Å². The smallest absolute Gasteiger partial charge is 0.337 e. The number of aromatic amines is 1. The Labute approximate surface area is 152 Å². The Morgan fingerprint density at radius 1 is 1.35 bits per heavy atom. The van der Waals surface area contributed by atoms with Crippen molar-refractivity contribution in [2.45, 2.75) is 6.92 Å². The molecule has 8 nitrogen and oxygen atoms in total. The van der Waals surface area contributed by atoms with Gasteiger partial charge in [-0.3, -0.25) is 9.50 Å². The molecule has 3 aromatic heterocycles. The van der Waals surface area contributed by atoms with Crippen molar-refractivity contribution in [3.8, 4) is 11.3 Å². The minimum absolute atomic E-state index is 0.0441.